The van der Waals surface area contributed by atoms with Crippen LogP contribution in [0.15, 0.2) is 64.5 Å². The number of thioether (sulfide) groups is 1. The number of rotatable bonds is 3. The molecular weight excluding hydrogens is 361 g/mol. The summed E-state index contributed by atoms with van der Waals surface area (Å²) in [7, 11) is 0. The Morgan fingerprint density at radius 3 is 2.41 bits per heavy atom. The summed E-state index contributed by atoms with van der Waals surface area (Å²) in [5.41, 5.74) is 2.12. The molecule has 2 aliphatic heterocycles. The van der Waals surface area contributed by atoms with Gasteiger partial charge in [-0.3, -0.25) is 9.69 Å². The maximum Gasteiger partial charge on any atom is 0.286 e. The Balaban J connectivity index is 1.33. The highest BCUT2D eigenvalue weighted by atomic mass is 32.2. The molecule has 0 unspecified atom stereocenters. The van der Waals surface area contributed by atoms with Crippen molar-refractivity contribution >= 4 is 28.9 Å². The maximum absolute atomic E-state index is 13.0. The second-order valence-electron chi connectivity index (χ2n) is 6.61. The SMILES string of the molecule is O=C1N=C(N2CCN(Cc3ccc(F)cc3)CC2)SC1=Cc1ccccc1. The van der Waals surface area contributed by atoms with E-state index in [-0.39, 0.29) is 11.7 Å². The van der Waals surface area contributed by atoms with Crippen LogP contribution in [0.4, 0.5) is 4.39 Å². The van der Waals surface area contributed by atoms with Crippen LogP contribution in [-0.2, 0) is 11.3 Å². The number of hydrogen-bond donors (Lipinski definition) is 0. The minimum atomic E-state index is -0.205. The summed E-state index contributed by atoms with van der Waals surface area (Å²) in [5.74, 6) is -0.364. The van der Waals surface area contributed by atoms with E-state index in [1.807, 2.05) is 48.5 Å². The number of amidine groups is 1. The van der Waals surface area contributed by atoms with E-state index in [1.54, 1.807) is 0 Å². The first-order valence-electron chi connectivity index (χ1n) is 8.97. The molecule has 0 aromatic heterocycles. The first-order valence-corrected chi connectivity index (χ1v) is 9.78. The Kier molecular flexibility index (Phi) is 5.36. The summed E-state index contributed by atoms with van der Waals surface area (Å²) < 4.78 is 13.0. The topological polar surface area (TPSA) is 35.9 Å². The molecule has 0 radical (unpaired) electrons. The molecule has 1 amide bonds. The molecule has 0 N–H and O–H groups in total. The van der Waals surface area contributed by atoms with E-state index in [1.165, 1.54) is 23.9 Å². The monoisotopic (exact) mass is 381 g/mol. The normalized spacial score (nSPS) is 19.6. The summed E-state index contributed by atoms with van der Waals surface area (Å²) in [6, 6.07) is 16.5. The van der Waals surface area contributed by atoms with Crippen LogP contribution >= 0.6 is 11.8 Å². The van der Waals surface area contributed by atoms with Gasteiger partial charge < -0.3 is 4.90 Å². The first kappa shape index (κ1) is 17.9. The van der Waals surface area contributed by atoms with E-state index in [0.717, 1.165) is 49.0 Å². The van der Waals surface area contributed by atoms with Crippen molar-refractivity contribution in [1.29, 1.82) is 0 Å². The third-order valence-electron chi connectivity index (χ3n) is 4.67. The smallest absolute Gasteiger partial charge is 0.286 e. The fraction of sp³-hybridized carbons (Fsp3) is 0.238. The fourth-order valence-electron chi connectivity index (χ4n) is 3.18. The van der Waals surface area contributed by atoms with Crippen molar-refractivity contribution in [3.05, 3.63) is 76.4 Å². The lowest BCUT2D eigenvalue weighted by Gasteiger charge is -2.35. The molecule has 2 aromatic carbocycles. The molecule has 0 atom stereocenters. The molecule has 6 heteroatoms. The van der Waals surface area contributed by atoms with Gasteiger partial charge in [-0.1, -0.05) is 42.5 Å². The molecule has 2 aliphatic rings. The van der Waals surface area contributed by atoms with Crippen LogP contribution in [-0.4, -0.2) is 47.1 Å². The van der Waals surface area contributed by atoms with Gasteiger partial charge in [0.2, 0.25) is 0 Å². The van der Waals surface area contributed by atoms with Crippen molar-refractivity contribution in [3.8, 4) is 0 Å². The van der Waals surface area contributed by atoms with Crippen LogP contribution in [0.2, 0.25) is 0 Å². The lowest BCUT2D eigenvalue weighted by atomic mass is 10.2. The average Bonchev–Trinajstić information content (AvgIpc) is 3.05. The highest BCUT2D eigenvalue weighted by molar-refractivity contribution is 8.18. The zero-order valence-electron chi connectivity index (χ0n) is 14.8. The molecular formula is C21H20FN3OS. The van der Waals surface area contributed by atoms with Gasteiger partial charge in [-0.2, -0.15) is 4.99 Å². The fourth-order valence-corrected chi connectivity index (χ4v) is 4.14. The molecule has 4 nitrogen and oxygen atoms in total. The summed E-state index contributed by atoms with van der Waals surface area (Å²) in [4.78, 5) is 21.7. The maximum atomic E-state index is 13.0. The molecule has 27 heavy (non-hydrogen) atoms. The van der Waals surface area contributed by atoms with E-state index in [0.29, 0.717) is 4.91 Å². The standard InChI is InChI=1S/C21H20FN3OS/c22-18-8-6-17(7-9-18)15-24-10-12-25(13-11-24)21-23-20(26)19(27-21)14-16-4-2-1-3-5-16/h1-9,14H,10-13,15H2. The van der Waals surface area contributed by atoms with Gasteiger partial charge in [-0.05, 0) is 41.1 Å². The summed E-state index contributed by atoms with van der Waals surface area (Å²) >= 11 is 1.45. The minimum absolute atomic E-state index is 0.160. The van der Waals surface area contributed by atoms with Crippen LogP contribution < -0.4 is 0 Å². The molecule has 0 spiro atoms. The third kappa shape index (κ3) is 4.46. The molecule has 2 heterocycles. The molecule has 0 aliphatic carbocycles. The van der Waals surface area contributed by atoms with Crippen molar-refractivity contribution in [2.45, 2.75) is 6.54 Å². The summed E-state index contributed by atoms with van der Waals surface area (Å²) in [5, 5.41) is 0.795. The number of benzene rings is 2. The zero-order valence-corrected chi connectivity index (χ0v) is 15.7. The van der Waals surface area contributed by atoms with Crippen molar-refractivity contribution in [2.75, 3.05) is 26.2 Å². The molecule has 1 fully saturated rings. The summed E-state index contributed by atoms with van der Waals surface area (Å²) in [6.07, 6.45) is 1.90. The van der Waals surface area contributed by atoms with Crippen LogP contribution in [0.1, 0.15) is 11.1 Å². The zero-order chi connectivity index (χ0) is 18.6. The highest BCUT2D eigenvalue weighted by Crippen LogP contribution is 2.30. The first-order chi connectivity index (χ1) is 13.2. The van der Waals surface area contributed by atoms with Crippen LogP contribution in [0.3, 0.4) is 0 Å². The number of piperazine rings is 1. The van der Waals surface area contributed by atoms with E-state index in [9.17, 15) is 9.18 Å². The van der Waals surface area contributed by atoms with E-state index in [4.69, 9.17) is 0 Å². The van der Waals surface area contributed by atoms with Gasteiger partial charge in [0.25, 0.3) is 5.91 Å². The largest absolute Gasteiger partial charge is 0.348 e. The number of hydrogen-bond acceptors (Lipinski definition) is 4. The van der Waals surface area contributed by atoms with Gasteiger partial charge in [0.1, 0.15) is 5.82 Å². The van der Waals surface area contributed by atoms with Gasteiger partial charge >= 0.3 is 0 Å². The van der Waals surface area contributed by atoms with E-state index >= 15 is 0 Å². The van der Waals surface area contributed by atoms with Crippen molar-refractivity contribution in [3.63, 3.8) is 0 Å². The summed E-state index contributed by atoms with van der Waals surface area (Å²) in [6.45, 7) is 4.26. The number of aliphatic imine (C=N–C) groups is 1. The van der Waals surface area contributed by atoms with Gasteiger partial charge in [0.15, 0.2) is 5.17 Å². The molecule has 1 saturated heterocycles. The van der Waals surface area contributed by atoms with Crippen molar-refractivity contribution in [1.82, 2.24) is 9.80 Å². The Morgan fingerprint density at radius 2 is 1.70 bits per heavy atom. The van der Waals surface area contributed by atoms with Crippen LogP contribution in [0.5, 0.6) is 0 Å². The number of carbonyl (C=O) groups is 1. The van der Waals surface area contributed by atoms with Gasteiger partial charge in [-0.25, -0.2) is 4.39 Å². The predicted octanol–water partition coefficient (Wildman–Crippen LogP) is 3.61. The van der Waals surface area contributed by atoms with Crippen molar-refractivity contribution in [2.24, 2.45) is 4.99 Å². The number of nitrogens with zero attached hydrogens (tertiary/aromatic N) is 3. The highest BCUT2D eigenvalue weighted by Gasteiger charge is 2.28. The molecule has 4 rings (SSSR count). The van der Waals surface area contributed by atoms with Gasteiger partial charge in [0, 0.05) is 32.7 Å². The quantitative estimate of drug-likeness (QED) is 0.761. The number of amides is 1. The Morgan fingerprint density at radius 1 is 1.00 bits per heavy atom. The number of carbonyl (C=O) groups excluding carboxylic acids is 1. The van der Waals surface area contributed by atoms with Gasteiger partial charge in [0.05, 0.1) is 4.91 Å². The second kappa shape index (κ2) is 8.06. The molecule has 0 saturated carbocycles. The average molecular weight is 381 g/mol. The van der Waals surface area contributed by atoms with Crippen molar-refractivity contribution < 1.29 is 9.18 Å². The van der Waals surface area contributed by atoms with Crippen LogP contribution in [0, 0.1) is 5.82 Å². The minimum Gasteiger partial charge on any atom is -0.348 e. The molecule has 0 bridgehead atoms. The second-order valence-corrected chi connectivity index (χ2v) is 7.62. The Bertz CT molecular complexity index is 872. The predicted molar refractivity (Wildman–Crippen MR) is 108 cm³/mol. The number of halogens is 1. The Hall–Kier alpha value is -2.44. The van der Waals surface area contributed by atoms with E-state index < -0.39 is 0 Å². The lowest BCUT2D eigenvalue weighted by molar-refractivity contribution is -0.113. The molecule has 138 valence electrons. The third-order valence-corrected chi connectivity index (χ3v) is 5.71. The van der Waals surface area contributed by atoms with E-state index in [2.05, 4.69) is 14.8 Å². The lowest BCUT2D eigenvalue weighted by Crippen LogP contribution is -2.47. The van der Waals surface area contributed by atoms with Crippen LogP contribution in [0.25, 0.3) is 6.08 Å². The van der Waals surface area contributed by atoms with Gasteiger partial charge in [-0.15, -0.1) is 0 Å². The molecule has 2 aromatic rings. The Labute approximate surface area is 162 Å².